The number of hydrogen-bond donors (Lipinski definition) is 0. The van der Waals surface area contributed by atoms with Crippen molar-refractivity contribution >= 4 is 0 Å². The maximum absolute atomic E-state index is 2.60. The average Bonchev–Trinajstić information content (AvgIpc) is 3.37. The van der Waals surface area contributed by atoms with E-state index in [1.807, 2.05) is 0 Å². The molecule has 1 aromatic rings. The molecular weight excluding hydrogens is 496 g/mol. The highest BCUT2D eigenvalue weighted by molar-refractivity contribution is 4.84. The molecule has 0 radical (unpaired) electrons. The molecule has 1 rings (SSSR count). The molecule has 0 saturated carbocycles. The fourth-order valence-electron chi connectivity index (χ4n) is 6.48. The first-order valence-electron chi connectivity index (χ1n) is 19.4. The van der Waals surface area contributed by atoms with E-state index in [9.17, 15) is 0 Å². The Kier molecular flexibility index (Phi) is 28.6. The summed E-state index contributed by atoms with van der Waals surface area (Å²) in [7, 11) is 0. The molecule has 0 saturated heterocycles. The number of rotatable bonds is 33. The summed E-state index contributed by atoms with van der Waals surface area (Å²) >= 11 is 0. The number of hydrogen-bond acceptors (Lipinski definition) is 0. The quantitative estimate of drug-likeness (QED) is 0.0584. The second kappa shape index (κ2) is 30.7. The van der Waals surface area contributed by atoms with Gasteiger partial charge in [-0.1, -0.05) is 181 Å². The van der Waals surface area contributed by atoms with Crippen LogP contribution in [0.4, 0.5) is 0 Å². The maximum Gasteiger partial charge on any atom is 0.256 e. The van der Waals surface area contributed by atoms with Crippen molar-refractivity contribution in [1.82, 2.24) is 4.57 Å². The zero-order chi connectivity index (χ0) is 29.5. The van der Waals surface area contributed by atoms with Crippen LogP contribution in [-0.2, 0) is 19.5 Å². The Bertz CT molecular complexity index is 634. The van der Waals surface area contributed by atoms with Gasteiger partial charge in [-0.05, 0) is 32.1 Å². The van der Waals surface area contributed by atoms with Crippen LogP contribution in [0.15, 0.2) is 12.4 Å². The molecule has 0 bridgehead atoms. The van der Waals surface area contributed by atoms with Gasteiger partial charge in [0.1, 0.15) is 12.4 Å². The smallest absolute Gasteiger partial charge is 0.234 e. The highest BCUT2D eigenvalue weighted by Gasteiger charge is 2.16. The number of nitrogens with zero attached hydrogens (tertiary/aromatic N) is 2. The van der Waals surface area contributed by atoms with Gasteiger partial charge in [0.2, 0.25) is 0 Å². The molecule has 41 heavy (non-hydrogen) atoms. The van der Waals surface area contributed by atoms with Gasteiger partial charge >= 0.3 is 0 Å². The molecule has 0 aromatic carbocycles. The Morgan fingerprint density at radius 1 is 0.415 bits per heavy atom. The van der Waals surface area contributed by atoms with E-state index in [4.69, 9.17) is 0 Å². The molecule has 0 unspecified atom stereocenters. The van der Waals surface area contributed by atoms with Gasteiger partial charge in [0.15, 0.2) is 0 Å². The molecular formula is C39H77N2+. The SMILES string of the molecule is CCCCCCCCCCCCCCCCCCCn1cc[n+](CCCCCCCCCCCCC)c1CCCC. The first-order valence-corrected chi connectivity index (χ1v) is 19.4. The van der Waals surface area contributed by atoms with Crippen molar-refractivity contribution in [2.24, 2.45) is 0 Å². The lowest BCUT2D eigenvalue weighted by atomic mass is 10.0. The highest BCUT2D eigenvalue weighted by Crippen LogP contribution is 2.15. The molecule has 1 heterocycles. The number of imidazole rings is 1. The summed E-state index contributed by atoms with van der Waals surface area (Å²) in [6.45, 7) is 9.40. The van der Waals surface area contributed by atoms with Crippen molar-refractivity contribution in [1.29, 1.82) is 0 Å². The molecule has 0 N–H and O–H groups in total. The summed E-state index contributed by atoms with van der Waals surface area (Å²) < 4.78 is 5.19. The fraction of sp³-hybridized carbons (Fsp3) is 0.923. The number of aromatic nitrogens is 2. The second-order valence-electron chi connectivity index (χ2n) is 13.4. The van der Waals surface area contributed by atoms with Gasteiger partial charge in [-0.25, -0.2) is 9.13 Å². The van der Waals surface area contributed by atoms with Crippen molar-refractivity contribution in [2.75, 3.05) is 0 Å². The molecule has 242 valence electrons. The predicted octanol–water partition coefficient (Wildman–Crippen LogP) is 13.1. The lowest BCUT2D eigenvalue weighted by molar-refractivity contribution is -0.704. The standard InChI is InChI=1S/C39H77N2/c1-4-7-10-12-14-16-18-19-20-21-22-23-25-27-29-31-33-36-41-38-37-40(39(41)34-9-6-3)35-32-30-28-26-24-17-15-13-11-8-5-2/h37-38H,4-36H2,1-3H3/q+1. The minimum Gasteiger partial charge on any atom is -0.234 e. The van der Waals surface area contributed by atoms with E-state index in [0.29, 0.717) is 0 Å². The monoisotopic (exact) mass is 574 g/mol. The predicted molar refractivity (Wildman–Crippen MR) is 184 cm³/mol. The van der Waals surface area contributed by atoms with Crippen LogP contribution < -0.4 is 4.57 Å². The first kappa shape index (κ1) is 38.2. The third-order valence-electron chi connectivity index (χ3n) is 9.35. The minimum atomic E-state index is 1.22. The van der Waals surface area contributed by atoms with E-state index in [-0.39, 0.29) is 0 Å². The summed E-state index contributed by atoms with van der Waals surface area (Å²) in [6.07, 6.45) is 49.0. The van der Waals surface area contributed by atoms with Gasteiger partial charge in [-0.2, -0.15) is 0 Å². The van der Waals surface area contributed by atoms with E-state index in [1.165, 1.54) is 212 Å². The van der Waals surface area contributed by atoms with Crippen molar-refractivity contribution in [3.05, 3.63) is 18.2 Å². The van der Waals surface area contributed by atoms with Crippen molar-refractivity contribution in [3.8, 4) is 0 Å². The Hall–Kier alpha value is -0.790. The summed E-state index contributed by atoms with van der Waals surface area (Å²) in [4.78, 5) is 0. The van der Waals surface area contributed by atoms with Gasteiger partial charge < -0.3 is 0 Å². The van der Waals surface area contributed by atoms with Crippen LogP contribution in [0.3, 0.4) is 0 Å². The average molecular weight is 574 g/mol. The summed E-state index contributed by atoms with van der Waals surface area (Å²) in [5.41, 5.74) is 0. The van der Waals surface area contributed by atoms with Gasteiger partial charge in [0, 0.05) is 6.42 Å². The molecule has 0 aliphatic heterocycles. The van der Waals surface area contributed by atoms with Crippen LogP contribution >= 0.6 is 0 Å². The van der Waals surface area contributed by atoms with Gasteiger partial charge in [-0.3, -0.25) is 0 Å². The van der Waals surface area contributed by atoms with Gasteiger partial charge in [-0.15, -0.1) is 0 Å². The van der Waals surface area contributed by atoms with E-state index in [1.54, 1.807) is 5.82 Å². The molecule has 2 heteroatoms. The van der Waals surface area contributed by atoms with E-state index in [2.05, 4.69) is 42.3 Å². The largest absolute Gasteiger partial charge is 0.256 e. The fourth-order valence-corrected chi connectivity index (χ4v) is 6.48. The molecule has 1 aromatic heterocycles. The maximum atomic E-state index is 2.60. The van der Waals surface area contributed by atoms with Crippen LogP contribution in [0.5, 0.6) is 0 Å². The molecule has 0 aliphatic carbocycles. The van der Waals surface area contributed by atoms with Crippen LogP contribution in [0.25, 0.3) is 0 Å². The second-order valence-corrected chi connectivity index (χ2v) is 13.4. The van der Waals surface area contributed by atoms with Crippen molar-refractivity contribution < 1.29 is 4.57 Å². The van der Waals surface area contributed by atoms with Crippen LogP contribution in [0.2, 0.25) is 0 Å². The molecule has 0 fully saturated rings. The van der Waals surface area contributed by atoms with Crippen molar-refractivity contribution in [3.63, 3.8) is 0 Å². The Morgan fingerprint density at radius 2 is 0.756 bits per heavy atom. The number of unbranched alkanes of at least 4 members (excludes halogenated alkanes) is 27. The Morgan fingerprint density at radius 3 is 1.15 bits per heavy atom. The summed E-state index contributed by atoms with van der Waals surface area (Å²) in [5, 5.41) is 0. The Labute approximate surface area is 259 Å². The summed E-state index contributed by atoms with van der Waals surface area (Å²) in [5.74, 6) is 1.59. The molecule has 0 amide bonds. The number of aryl methyl sites for hydroxylation is 2. The topological polar surface area (TPSA) is 8.81 Å². The van der Waals surface area contributed by atoms with E-state index in [0.717, 1.165) is 0 Å². The van der Waals surface area contributed by atoms with Gasteiger partial charge in [0.25, 0.3) is 5.82 Å². The summed E-state index contributed by atoms with van der Waals surface area (Å²) in [6, 6.07) is 0. The molecule has 2 nitrogen and oxygen atoms in total. The zero-order valence-electron chi connectivity index (χ0n) is 28.9. The molecule has 0 spiro atoms. The molecule has 0 atom stereocenters. The van der Waals surface area contributed by atoms with Crippen LogP contribution in [0.1, 0.15) is 219 Å². The van der Waals surface area contributed by atoms with E-state index < -0.39 is 0 Å². The lowest BCUT2D eigenvalue weighted by Gasteiger charge is -2.06. The third-order valence-corrected chi connectivity index (χ3v) is 9.35. The van der Waals surface area contributed by atoms with Gasteiger partial charge in [0.05, 0.1) is 13.1 Å². The first-order chi connectivity index (χ1) is 20.3. The Balaban J connectivity index is 2.04. The van der Waals surface area contributed by atoms with Crippen molar-refractivity contribution in [2.45, 2.75) is 233 Å². The highest BCUT2D eigenvalue weighted by atomic mass is 15.1. The minimum absolute atomic E-state index is 1.22. The third kappa shape index (κ3) is 23.4. The zero-order valence-corrected chi connectivity index (χ0v) is 28.9. The normalized spacial score (nSPS) is 11.6. The molecule has 0 aliphatic rings. The van der Waals surface area contributed by atoms with E-state index >= 15 is 0 Å². The van der Waals surface area contributed by atoms with Crippen LogP contribution in [-0.4, -0.2) is 4.57 Å². The lowest BCUT2D eigenvalue weighted by Crippen LogP contribution is -2.37. The van der Waals surface area contributed by atoms with Crippen LogP contribution in [0, 0.1) is 0 Å².